The number of carboxylic acid groups (broad SMARTS) is 2. The molecule has 0 saturated carbocycles. The van der Waals surface area contributed by atoms with Crippen molar-refractivity contribution in [1.29, 1.82) is 0 Å². The van der Waals surface area contributed by atoms with Gasteiger partial charge in [0.1, 0.15) is 0 Å². The Labute approximate surface area is 72.0 Å². The molecule has 0 bridgehead atoms. The van der Waals surface area contributed by atoms with Crippen molar-refractivity contribution in [2.24, 2.45) is 0 Å². The van der Waals surface area contributed by atoms with Crippen LogP contribution in [0.4, 0.5) is 0 Å². The summed E-state index contributed by atoms with van der Waals surface area (Å²) >= 11 is 0. The van der Waals surface area contributed by atoms with Gasteiger partial charge in [0.2, 0.25) is 0 Å². The van der Waals surface area contributed by atoms with Gasteiger partial charge in [0.15, 0.2) is 6.10 Å². The molecule has 9 heteroatoms. The van der Waals surface area contributed by atoms with Gasteiger partial charge in [-0.1, -0.05) is 0 Å². The standard InChI is InChI=1S/C4H7O8P/c5-3(6)1-2(4(7)8)12-13(9,10)11/h2H,1H2,(H,5,6)(H,7,8)(H2,9,10,11)/t2-/m1/s1. The lowest BCUT2D eigenvalue weighted by Gasteiger charge is -2.11. The summed E-state index contributed by atoms with van der Waals surface area (Å²) < 4.78 is 13.8. The van der Waals surface area contributed by atoms with Gasteiger partial charge in [0, 0.05) is 0 Å². The van der Waals surface area contributed by atoms with E-state index in [0.29, 0.717) is 0 Å². The van der Waals surface area contributed by atoms with Crippen LogP contribution in [0.15, 0.2) is 0 Å². The highest BCUT2D eigenvalue weighted by Gasteiger charge is 2.29. The molecular weight excluding hydrogens is 207 g/mol. The molecule has 1 atom stereocenters. The molecule has 0 aliphatic heterocycles. The SMILES string of the molecule is O=C(O)C[C@@H](OP(=O)(O)O)C(=O)O. The van der Waals surface area contributed by atoms with E-state index in [1.165, 1.54) is 0 Å². The van der Waals surface area contributed by atoms with E-state index in [2.05, 4.69) is 4.52 Å². The minimum absolute atomic E-state index is 1.01. The van der Waals surface area contributed by atoms with Gasteiger partial charge in [-0.2, -0.15) is 0 Å². The van der Waals surface area contributed by atoms with Crippen LogP contribution in [-0.2, 0) is 18.7 Å². The van der Waals surface area contributed by atoms with Crippen LogP contribution in [-0.4, -0.2) is 38.0 Å². The van der Waals surface area contributed by atoms with Crippen molar-refractivity contribution < 1.29 is 38.7 Å². The van der Waals surface area contributed by atoms with Crippen LogP contribution in [0.2, 0.25) is 0 Å². The number of phosphoric acid groups is 1. The molecule has 0 aliphatic rings. The topological polar surface area (TPSA) is 141 Å². The van der Waals surface area contributed by atoms with Crippen LogP contribution in [0.25, 0.3) is 0 Å². The highest BCUT2D eigenvalue weighted by molar-refractivity contribution is 7.46. The second kappa shape index (κ2) is 4.33. The Kier molecular flexibility index (Phi) is 4.02. The summed E-state index contributed by atoms with van der Waals surface area (Å²) in [5.74, 6) is -3.27. The van der Waals surface area contributed by atoms with Crippen LogP contribution in [0.3, 0.4) is 0 Å². The van der Waals surface area contributed by atoms with Crippen molar-refractivity contribution in [3.63, 3.8) is 0 Å². The zero-order valence-electron chi connectivity index (χ0n) is 6.15. The fourth-order valence-electron chi connectivity index (χ4n) is 0.494. The van der Waals surface area contributed by atoms with E-state index in [-0.39, 0.29) is 0 Å². The van der Waals surface area contributed by atoms with Crippen LogP contribution >= 0.6 is 7.82 Å². The highest BCUT2D eigenvalue weighted by Crippen LogP contribution is 2.38. The van der Waals surface area contributed by atoms with Crippen LogP contribution in [0, 0.1) is 0 Å². The Morgan fingerprint density at radius 1 is 1.31 bits per heavy atom. The Bertz CT molecular complexity index is 253. The molecule has 0 radical (unpaired) electrons. The molecule has 0 saturated heterocycles. The zero-order chi connectivity index (χ0) is 10.6. The zero-order valence-corrected chi connectivity index (χ0v) is 7.05. The predicted octanol–water partition coefficient (Wildman–Crippen LogP) is -0.976. The van der Waals surface area contributed by atoms with Crippen molar-refractivity contribution in [1.82, 2.24) is 0 Å². The van der Waals surface area contributed by atoms with Crippen molar-refractivity contribution in [3.05, 3.63) is 0 Å². The Morgan fingerprint density at radius 2 is 1.77 bits per heavy atom. The van der Waals surface area contributed by atoms with Crippen LogP contribution in [0.5, 0.6) is 0 Å². The second-order valence-electron chi connectivity index (χ2n) is 2.02. The van der Waals surface area contributed by atoms with E-state index in [4.69, 9.17) is 20.0 Å². The number of hydrogen-bond donors (Lipinski definition) is 4. The van der Waals surface area contributed by atoms with E-state index in [1.54, 1.807) is 0 Å². The minimum atomic E-state index is -4.98. The van der Waals surface area contributed by atoms with Gasteiger partial charge in [-0.05, 0) is 0 Å². The monoisotopic (exact) mass is 214 g/mol. The van der Waals surface area contributed by atoms with E-state index in [0.717, 1.165) is 0 Å². The number of hydrogen-bond acceptors (Lipinski definition) is 4. The molecule has 8 nitrogen and oxygen atoms in total. The maximum absolute atomic E-state index is 10.2. The molecule has 0 rings (SSSR count). The first-order chi connectivity index (χ1) is 5.72. The minimum Gasteiger partial charge on any atom is -0.481 e. The summed E-state index contributed by atoms with van der Waals surface area (Å²) in [7, 11) is -4.98. The lowest BCUT2D eigenvalue weighted by Crippen LogP contribution is -2.25. The largest absolute Gasteiger partial charge is 0.481 e. The summed E-state index contributed by atoms with van der Waals surface area (Å²) in [6.45, 7) is 0. The number of phosphoric ester groups is 1. The first-order valence-corrected chi connectivity index (χ1v) is 4.44. The number of rotatable bonds is 5. The number of carbonyl (C=O) groups is 2. The average molecular weight is 214 g/mol. The summed E-state index contributed by atoms with van der Waals surface area (Å²) in [6.07, 6.45) is -3.06. The van der Waals surface area contributed by atoms with Gasteiger partial charge in [-0.15, -0.1) is 0 Å². The fraction of sp³-hybridized carbons (Fsp3) is 0.500. The summed E-state index contributed by atoms with van der Waals surface area (Å²) in [5.41, 5.74) is 0. The van der Waals surface area contributed by atoms with Gasteiger partial charge in [-0.25, -0.2) is 9.36 Å². The summed E-state index contributed by atoms with van der Waals surface area (Å²) in [4.78, 5) is 36.5. The third kappa shape index (κ3) is 6.23. The van der Waals surface area contributed by atoms with Crippen molar-refractivity contribution in [2.75, 3.05) is 0 Å². The predicted molar refractivity (Wildman–Crippen MR) is 36.8 cm³/mol. The maximum Gasteiger partial charge on any atom is 0.470 e. The average Bonchev–Trinajstić information content (AvgIpc) is 1.81. The molecule has 4 N–H and O–H groups in total. The van der Waals surface area contributed by atoms with Gasteiger partial charge >= 0.3 is 19.8 Å². The van der Waals surface area contributed by atoms with E-state index in [1.807, 2.05) is 0 Å². The molecule has 0 spiro atoms. The highest BCUT2D eigenvalue weighted by atomic mass is 31.2. The Hall–Kier alpha value is -0.950. The van der Waals surface area contributed by atoms with E-state index in [9.17, 15) is 14.2 Å². The summed E-state index contributed by atoms with van der Waals surface area (Å²) in [5, 5.41) is 16.4. The smallest absolute Gasteiger partial charge is 0.470 e. The Morgan fingerprint density at radius 3 is 2.00 bits per heavy atom. The van der Waals surface area contributed by atoms with E-state index < -0.39 is 32.3 Å². The molecule has 0 unspecified atom stereocenters. The van der Waals surface area contributed by atoms with Gasteiger partial charge in [0.05, 0.1) is 6.42 Å². The van der Waals surface area contributed by atoms with Gasteiger partial charge in [-0.3, -0.25) is 9.32 Å². The lowest BCUT2D eigenvalue weighted by molar-refractivity contribution is -0.152. The second-order valence-corrected chi connectivity index (χ2v) is 3.21. The molecule has 0 aromatic heterocycles. The van der Waals surface area contributed by atoms with Crippen LogP contribution < -0.4 is 0 Å². The third-order valence-corrected chi connectivity index (χ3v) is 1.43. The first kappa shape index (κ1) is 12.0. The quantitative estimate of drug-likeness (QED) is 0.428. The third-order valence-electron chi connectivity index (χ3n) is 0.900. The normalized spacial score (nSPS) is 13.7. The molecule has 0 fully saturated rings. The maximum atomic E-state index is 10.2. The molecule has 0 aromatic carbocycles. The first-order valence-electron chi connectivity index (χ1n) is 2.91. The molecule has 0 amide bonds. The Balaban J connectivity index is 4.36. The fourth-order valence-corrected chi connectivity index (χ4v) is 0.990. The van der Waals surface area contributed by atoms with Crippen molar-refractivity contribution >= 4 is 19.8 Å². The molecule has 0 heterocycles. The van der Waals surface area contributed by atoms with Crippen molar-refractivity contribution in [3.8, 4) is 0 Å². The molecule has 0 aromatic rings. The molecule has 13 heavy (non-hydrogen) atoms. The molecular formula is C4H7O8P. The number of carboxylic acids is 2. The molecule has 76 valence electrons. The van der Waals surface area contributed by atoms with Crippen LogP contribution in [0.1, 0.15) is 6.42 Å². The molecule has 0 aliphatic carbocycles. The van der Waals surface area contributed by atoms with Crippen molar-refractivity contribution in [2.45, 2.75) is 12.5 Å². The van der Waals surface area contributed by atoms with Gasteiger partial charge < -0.3 is 20.0 Å². The number of aliphatic carboxylic acids is 2. The van der Waals surface area contributed by atoms with E-state index >= 15 is 0 Å². The lowest BCUT2D eigenvalue weighted by atomic mass is 10.3. The summed E-state index contributed by atoms with van der Waals surface area (Å²) in [6, 6.07) is 0. The van der Waals surface area contributed by atoms with Gasteiger partial charge in [0.25, 0.3) is 0 Å².